The summed E-state index contributed by atoms with van der Waals surface area (Å²) in [6, 6.07) is 2.97. The predicted molar refractivity (Wildman–Crippen MR) is 137 cm³/mol. The SMILES string of the molecule is CCOC(=O)/C(CSCC(NC(=O)CCC(N)C(=O)O)C(=O)NCC(=O)O)=N\OCc1ccc([N+](=O)[O-])cc1. The van der Waals surface area contributed by atoms with Crippen LogP contribution in [0.25, 0.3) is 0 Å². The van der Waals surface area contributed by atoms with Gasteiger partial charge in [-0.2, -0.15) is 11.8 Å². The number of hydrogen-bond acceptors (Lipinski definition) is 12. The molecule has 0 spiro atoms. The van der Waals surface area contributed by atoms with Gasteiger partial charge in [0.15, 0.2) is 5.71 Å². The Hall–Kier alpha value is -4.25. The summed E-state index contributed by atoms with van der Waals surface area (Å²) in [4.78, 5) is 73.9. The molecule has 6 N–H and O–H groups in total. The van der Waals surface area contributed by atoms with Crippen LogP contribution < -0.4 is 16.4 Å². The Balaban J connectivity index is 2.83. The molecule has 16 nitrogen and oxygen atoms in total. The average molecular weight is 572 g/mol. The van der Waals surface area contributed by atoms with Crippen molar-refractivity contribution in [3.05, 3.63) is 39.9 Å². The van der Waals surface area contributed by atoms with Crippen molar-refractivity contribution in [3.63, 3.8) is 0 Å². The number of thioether (sulfide) groups is 1. The Labute approximate surface area is 226 Å². The molecule has 0 saturated carbocycles. The minimum atomic E-state index is -1.31. The summed E-state index contributed by atoms with van der Waals surface area (Å²) in [6.45, 7) is 0.806. The van der Waals surface area contributed by atoms with E-state index in [1.807, 2.05) is 0 Å². The van der Waals surface area contributed by atoms with Gasteiger partial charge in [0, 0.05) is 30.1 Å². The van der Waals surface area contributed by atoms with Gasteiger partial charge >= 0.3 is 17.9 Å². The van der Waals surface area contributed by atoms with E-state index in [0.717, 1.165) is 11.8 Å². The number of carbonyl (C=O) groups excluding carboxylic acids is 3. The third kappa shape index (κ3) is 13.2. The molecule has 0 heterocycles. The number of non-ortho nitro benzene ring substituents is 1. The average Bonchev–Trinajstić information content (AvgIpc) is 2.88. The van der Waals surface area contributed by atoms with E-state index >= 15 is 0 Å². The van der Waals surface area contributed by atoms with Crippen LogP contribution in [0.5, 0.6) is 0 Å². The van der Waals surface area contributed by atoms with Crippen LogP contribution in [0.3, 0.4) is 0 Å². The zero-order valence-corrected chi connectivity index (χ0v) is 21.7. The van der Waals surface area contributed by atoms with Crippen molar-refractivity contribution in [3.8, 4) is 0 Å². The Morgan fingerprint density at radius 3 is 2.41 bits per heavy atom. The summed E-state index contributed by atoms with van der Waals surface area (Å²) in [5.41, 5.74) is 5.65. The molecule has 39 heavy (non-hydrogen) atoms. The number of aliphatic carboxylic acids is 2. The molecule has 0 aliphatic rings. The van der Waals surface area contributed by atoms with Crippen LogP contribution in [-0.2, 0) is 40.2 Å². The zero-order valence-electron chi connectivity index (χ0n) is 20.9. The molecule has 0 aromatic heterocycles. The largest absolute Gasteiger partial charge is 0.480 e. The number of nitrogens with two attached hydrogens (primary N) is 1. The molecule has 1 aromatic carbocycles. The molecule has 0 aliphatic carbocycles. The van der Waals surface area contributed by atoms with E-state index in [9.17, 15) is 34.1 Å². The number of benzene rings is 1. The highest BCUT2D eigenvalue weighted by atomic mass is 32.2. The van der Waals surface area contributed by atoms with Gasteiger partial charge in [-0.25, -0.2) is 4.79 Å². The fourth-order valence-electron chi connectivity index (χ4n) is 2.65. The molecular formula is C22H29N5O11S. The van der Waals surface area contributed by atoms with Gasteiger partial charge < -0.3 is 36.2 Å². The van der Waals surface area contributed by atoms with Crippen LogP contribution in [0.2, 0.25) is 0 Å². The Kier molecular flexibility index (Phi) is 14.5. The quantitative estimate of drug-likeness (QED) is 0.0654. The van der Waals surface area contributed by atoms with Gasteiger partial charge in [-0.3, -0.25) is 29.3 Å². The summed E-state index contributed by atoms with van der Waals surface area (Å²) in [6.07, 6.45) is -0.490. The number of nitro groups is 1. The third-order valence-electron chi connectivity index (χ3n) is 4.65. The Morgan fingerprint density at radius 1 is 1.18 bits per heavy atom. The highest BCUT2D eigenvalue weighted by Crippen LogP contribution is 2.13. The van der Waals surface area contributed by atoms with Gasteiger partial charge in [0.05, 0.1) is 11.5 Å². The number of rotatable bonds is 18. The van der Waals surface area contributed by atoms with E-state index in [4.69, 9.17) is 25.5 Å². The number of nitrogens with zero attached hydrogens (tertiary/aromatic N) is 2. The number of nitro benzene ring substituents is 1. The lowest BCUT2D eigenvalue weighted by Gasteiger charge is -2.18. The monoisotopic (exact) mass is 571 g/mol. The number of nitrogens with one attached hydrogen (secondary N) is 2. The lowest BCUT2D eigenvalue weighted by Crippen LogP contribution is -2.49. The van der Waals surface area contributed by atoms with Gasteiger partial charge in [0.25, 0.3) is 5.69 Å². The fourth-order valence-corrected chi connectivity index (χ4v) is 3.61. The molecule has 0 fully saturated rings. The van der Waals surface area contributed by atoms with Crippen LogP contribution in [0, 0.1) is 10.1 Å². The van der Waals surface area contributed by atoms with Crippen LogP contribution in [0.15, 0.2) is 29.4 Å². The number of carboxylic acid groups (broad SMARTS) is 2. The molecule has 1 rings (SSSR count). The van der Waals surface area contributed by atoms with Crippen molar-refractivity contribution in [1.82, 2.24) is 10.6 Å². The second kappa shape index (κ2) is 17.3. The molecule has 2 unspecified atom stereocenters. The third-order valence-corrected chi connectivity index (χ3v) is 5.70. The normalized spacial score (nSPS) is 12.5. The number of hydrogen-bond donors (Lipinski definition) is 5. The first-order valence-electron chi connectivity index (χ1n) is 11.4. The van der Waals surface area contributed by atoms with Crippen molar-refractivity contribution < 1.29 is 48.7 Å². The first kappa shape index (κ1) is 32.8. The Morgan fingerprint density at radius 2 is 1.85 bits per heavy atom. The van der Waals surface area contributed by atoms with E-state index in [1.54, 1.807) is 6.92 Å². The molecule has 0 bridgehead atoms. The maximum atomic E-state index is 12.4. The van der Waals surface area contributed by atoms with Crippen LogP contribution >= 0.6 is 11.8 Å². The maximum Gasteiger partial charge on any atom is 0.356 e. The Bertz CT molecular complexity index is 1060. The van der Waals surface area contributed by atoms with E-state index in [2.05, 4.69) is 15.8 Å². The standard InChI is InChI=1S/C22H29N5O11S/c1-2-37-22(34)17(26-38-10-13-3-5-14(6-4-13)27(35)36)12-39-11-16(20(31)24-9-19(29)30)25-18(28)8-7-15(23)21(32)33/h3-6,15-16H,2,7-12,23H2,1H3,(H,24,31)(H,25,28)(H,29,30)(H,32,33)/b26-17-. The molecular weight excluding hydrogens is 542 g/mol. The zero-order chi connectivity index (χ0) is 29.4. The molecule has 0 aliphatic heterocycles. The lowest BCUT2D eigenvalue weighted by molar-refractivity contribution is -0.384. The second-order valence-electron chi connectivity index (χ2n) is 7.69. The van der Waals surface area contributed by atoms with Crippen molar-refractivity contribution >= 4 is 52.9 Å². The number of oxime groups is 1. The van der Waals surface area contributed by atoms with E-state index < -0.39 is 53.3 Å². The van der Waals surface area contributed by atoms with Crippen LogP contribution in [-0.4, -0.2) is 87.3 Å². The first-order chi connectivity index (χ1) is 18.4. The molecule has 2 amide bonds. The van der Waals surface area contributed by atoms with Crippen molar-refractivity contribution in [1.29, 1.82) is 0 Å². The fraction of sp³-hybridized carbons (Fsp3) is 0.455. The predicted octanol–water partition coefficient (Wildman–Crippen LogP) is -0.359. The molecule has 1 aromatic rings. The first-order valence-corrected chi connectivity index (χ1v) is 12.5. The molecule has 17 heteroatoms. The minimum Gasteiger partial charge on any atom is -0.480 e. The highest BCUT2D eigenvalue weighted by molar-refractivity contribution is 8.00. The van der Waals surface area contributed by atoms with E-state index in [-0.39, 0.29) is 49.0 Å². The topological polar surface area (TPSA) is 250 Å². The second-order valence-corrected chi connectivity index (χ2v) is 8.72. The smallest absolute Gasteiger partial charge is 0.356 e. The number of ether oxygens (including phenoxy) is 1. The van der Waals surface area contributed by atoms with E-state index in [1.165, 1.54) is 24.3 Å². The van der Waals surface area contributed by atoms with Crippen molar-refractivity contribution in [2.24, 2.45) is 10.9 Å². The van der Waals surface area contributed by atoms with Crippen molar-refractivity contribution in [2.75, 3.05) is 24.7 Å². The summed E-state index contributed by atoms with van der Waals surface area (Å²) >= 11 is 0.981. The van der Waals surface area contributed by atoms with Crippen LogP contribution in [0.1, 0.15) is 25.3 Å². The minimum absolute atomic E-state index is 0.0413. The summed E-state index contributed by atoms with van der Waals surface area (Å²) in [5, 5.41) is 36.7. The van der Waals surface area contributed by atoms with Gasteiger partial charge in [0.2, 0.25) is 11.8 Å². The molecule has 2 atom stereocenters. The van der Waals surface area contributed by atoms with Crippen LogP contribution in [0.4, 0.5) is 5.69 Å². The highest BCUT2D eigenvalue weighted by Gasteiger charge is 2.24. The van der Waals surface area contributed by atoms with Gasteiger partial charge in [-0.15, -0.1) is 0 Å². The van der Waals surface area contributed by atoms with Gasteiger partial charge in [0.1, 0.15) is 25.2 Å². The number of esters is 1. The van der Waals surface area contributed by atoms with Gasteiger partial charge in [-0.05, 0) is 31.0 Å². The van der Waals surface area contributed by atoms with E-state index in [0.29, 0.717) is 5.56 Å². The summed E-state index contributed by atoms with van der Waals surface area (Å²) < 4.78 is 4.94. The maximum absolute atomic E-state index is 12.4. The number of amides is 2. The number of carbonyl (C=O) groups is 5. The van der Waals surface area contributed by atoms with Gasteiger partial charge in [-0.1, -0.05) is 5.16 Å². The molecule has 0 radical (unpaired) electrons. The summed E-state index contributed by atoms with van der Waals surface area (Å²) in [7, 11) is 0. The molecule has 0 saturated heterocycles. The summed E-state index contributed by atoms with van der Waals surface area (Å²) in [5.74, 6) is -5.15. The lowest BCUT2D eigenvalue weighted by atomic mass is 10.1. The number of carboxylic acids is 2. The van der Waals surface area contributed by atoms with Crippen molar-refractivity contribution in [2.45, 2.75) is 38.5 Å². The molecule has 214 valence electrons.